The summed E-state index contributed by atoms with van der Waals surface area (Å²) in [6.07, 6.45) is 3.82. The fourth-order valence-corrected chi connectivity index (χ4v) is 3.78. The van der Waals surface area contributed by atoms with Crippen LogP contribution in [-0.4, -0.2) is 7.11 Å². The van der Waals surface area contributed by atoms with Gasteiger partial charge >= 0.3 is 0 Å². The lowest BCUT2D eigenvalue weighted by molar-refractivity contribution is 0.349. The molecule has 3 rings (SSSR count). The predicted octanol–water partition coefficient (Wildman–Crippen LogP) is 3.35. The Balaban J connectivity index is 1.90. The highest BCUT2D eigenvalue weighted by molar-refractivity contribution is 5.33. The fraction of sp³-hybridized carbons (Fsp3) is 0.533. The van der Waals surface area contributed by atoms with Crippen molar-refractivity contribution >= 4 is 0 Å². The van der Waals surface area contributed by atoms with E-state index >= 15 is 0 Å². The van der Waals surface area contributed by atoms with E-state index < -0.39 is 0 Å². The van der Waals surface area contributed by atoms with Crippen LogP contribution in [0.3, 0.4) is 0 Å². The molecule has 0 heterocycles. The largest absolute Gasteiger partial charge is 0.497 e. The van der Waals surface area contributed by atoms with Crippen LogP contribution < -0.4 is 4.74 Å². The second kappa shape index (κ2) is 4.07. The first-order valence-electron chi connectivity index (χ1n) is 6.37. The molecule has 2 bridgehead atoms. The molecule has 0 aromatic heterocycles. The smallest absolute Gasteiger partial charge is 0.118 e. The van der Waals surface area contributed by atoms with Crippen LogP contribution in [0.4, 0.5) is 0 Å². The van der Waals surface area contributed by atoms with Gasteiger partial charge in [0.15, 0.2) is 0 Å². The zero-order chi connectivity index (χ0) is 11.8. The van der Waals surface area contributed by atoms with Crippen LogP contribution in [0.2, 0.25) is 0 Å². The molecule has 2 heteroatoms. The summed E-state index contributed by atoms with van der Waals surface area (Å²) in [4.78, 5) is 0. The molecular formula is C15H17NO. The Morgan fingerprint density at radius 3 is 2.53 bits per heavy atom. The van der Waals surface area contributed by atoms with Crippen molar-refractivity contribution in [1.82, 2.24) is 0 Å². The van der Waals surface area contributed by atoms with Gasteiger partial charge in [-0.05, 0) is 48.8 Å². The van der Waals surface area contributed by atoms with Gasteiger partial charge in [0, 0.05) is 5.92 Å². The van der Waals surface area contributed by atoms with Crippen molar-refractivity contribution in [2.45, 2.75) is 25.2 Å². The number of hydrogen-bond acceptors (Lipinski definition) is 2. The Morgan fingerprint density at radius 2 is 1.88 bits per heavy atom. The van der Waals surface area contributed by atoms with E-state index in [4.69, 9.17) is 4.74 Å². The molecule has 2 aliphatic rings. The van der Waals surface area contributed by atoms with E-state index in [1.807, 2.05) is 12.1 Å². The molecule has 0 radical (unpaired) electrons. The van der Waals surface area contributed by atoms with Crippen molar-refractivity contribution < 1.29 is 4.74 Å². The van der Waals surface area contributed by atoms with Gasteiger partial charge in [-0.3, -0.25) is 0 Å². The molecule has 1 aromatic rings. The highest BCUT2D eigenvalue weighted by Gasteiger charge is 2.48. The van der Waals surface area contributed by atoms with Gasteiger partial charge < -0.3 is 4.74 Å². The van der Waals surface area contributed by atoms with Gasteiger partial charge in [0.05, 0.1) is 19.1 Å². The summed E-state index contributed by atoms with van der Waals surface area (Å²) in [5.74, 6) is 2.98. The molecule has 0 saturated heterocycles. The summed E-state index contributed by atoms with van der Waals surface area (Å²) in [6, 6.07) is 10.8. The maximum Gasteiger partial charge on any atom is 0.118 e. The summed E-state index contributed by atoms with van der Waals surface area (Å²) < 4.78 is 5.18. The molecule has 0 aliphatic heterocycles. The van der Waals surface area contributed by atoms with E-state index in [1.54, 1.807) is 7.11 Å². The third kappa shape index (κ3) is 1.61. The number of hydrogen-bond donors (Lipinski definition) is 0. The highest BCUT2D eigenvalue weighted by atomic mass is 16.5. The number of nitrogens with zero attached hydrogens (tertiary/aromatic N) is 1. The lowest BCUT2D eigenvalue weighted by atomic mass is 9.76. The van der Waals surface area contributed by atoms with Crippen LogP contribution in [0, 0.1) is 29.1 Å². The summed E-state index contributed by atoms with van der Waals surface area (Å²) in [6.45, 7) is 0. The minimum Gasteiger partial charge on any atom is -0.497 e. The number of rotatable bonds is 2. The Bertz CT molecular complexity index is 445. The first-order valence-corrected chi connectivity index (χ1v) is 6.37. The van der Waals surface area contributed by atoms with Crippen LogP contribution in [0.15, 0.2) is 24.3 Å². The number of nitriles is 1. The lowest BCUT2D eigenvalue weighted by Crippen LogP contribution is -2.19. The third-order valence-electron chi connectivity index (χ3n) is 4.57. The number of fused-ring (bicyclic) bond motifs is 2. The minimum atomic E-state index is 0.238. The number of benzene rings is 1. The van der Waals surface area contributed by atoms with Gasteiger partial charge in [-0.15, -0.1) is 0 Å². The Morgan fingerprint density at radius 1 is 1.18 bits per heavy atom. The van der Waals surface area contributed by atoms with Gasteiger partial charge in [-0.1, -0.05) is 12.1 Å². The molecule has 2 nitrogen and oxygen atoms in total. The molecule has 2 fully saturated rings. The van der Waals surface area contributed by atoms with E-state index in [0.29, 0.717) is 11.8 Å². The molecule has 0 unspecified atom stereocenters. The van der Waals surface area contributed by atoms with Crippen molar-refractivity contribution in [2.24, 2.45) is 17.8 Å². The molecule has 1 aromatic carbocycles. The number of methoxy groups -OCH3 is 1. The van der Waals surface area contributed by atoms with E-state index in [2.05, 4.69) is 18.2 Å². The van der Waals surface area contributed by atoms with Crippen molar-refractivity contribution in [3.63, 3.8) is 0 Å². The van der Waals surface area contributed by atoms with Crippen molar-refractivity contribution in [3.05, 3.63) is 29.8 Å². The second-order valence-electron chi connectivity index (χ2n) is 5.29. The molecule has 4 atom stereocenters. The predicted molar refractivity (Wildman–Crippen MR) is 65.7 cm³/mol. The zero-order valence-electron chi connectivity index (χ0n) is 10.1. The SMILES string of the molecule is COc1ccc([C@H]2[C@H]3CC[C@H](C3)[C@H]2C#N)cc1. The van der Waals surface area contributed by atoms with Gasteiger partial charge in [-0.2, -0.15) is 5.26 Å². The Hall–Kier alpha value is -1.49. The van der Waals surface area contributed by atoms with Crippen LogP contribution in [0.1, 0.15) is 30.7 Å². The quantitative estimate of drug-likeness (QED) is 0.776. The summed E-state index contributed by atoms with van der Waals surface area (Å²) >= 11 is 0. The lowest BCUT2D eigenvalue weighted by Gasteiger charge is -2.26. The Kier molecular flexibility index (Phi) is 2.55. The molecule has 2 aliphatic carbocycles. The molecule has 2 saturated carbocycles. The maximum absolute atomic E-state index is 9.35. The monoisotopic (exact) mass is 227 g/mol. The molecule has 0 N–H and O–H groups in total. The summed E-state index contributed by atoms with van der Waals surface area (Å²) in [7, 11) is 1.69. The molecule has 0 amide bonds. The first-order chi connectivity index (χ1) is 8.33. The zero-order valence-corrected chi connectivity index (χ0v) is 10.1. The third-order valence-corrected chi connectivity index (χ3v) is 4.57. The van der Waals surface area contributed by atoms with Crippen LogP contribution in [0.5, 0.6) is 5.75 Å². The van der Waals surface area contributed by atoms with Crippen LogP contribution in [0.25, 0.3) is 0 Å². The van der Waals surface area contributed by atoms with Gasteiger partial charge in [0.2, 0.25) is 0 Å². The molecule has 17 heavy (non-hydrogen) atoms. The maximum atomic E-state index is 9.35. The van der Waals surface area contributed by atoms with Gasteiger partial charge in [0.25, 0.3) is 0 Å². The molecular weight excluding hydrogens is 210 g/mol. The highest BCUT2D eigenvalue weighted by Crippen LogP contribution is 2.56. The van der Waals surface area contributed by atoms with E-state index in [1.165, 1.54) is 24.8 Å². The van der Waals surface area contributed by atoms with Crippen molar-refractivity contribution in [2.75, 3.05) is 7.11 Å². The summed E-state index contributed by atoms with van der Waals surface area (Å²) in [5.41, 5.74) is 1.32. The van der Waals surface area contributed by atoms with Crippen LogP contribution >= 0.6 is 0 Å². The standard InChI is InChI=1S/C15H17NO/c1-17-13-6-4-10(5-7-13)15-12-3-2-11(8-12)14(15)9-16/h4-7,11-12,14-15H,2-3,8H2,1H3/t11-,12+,14-,15+/m1/s1. The van der Waals surface area contributed by atoms with Gasteiger partial charge in [0.1, 0.15) is 5.75 Å². The molecule has 0 spiro atoms. The van der Waals surface area contributed by atoms with Gasteiger partial charge in [-0.25, -0.2) is 0 Å². The van der Waals surface area contributed by atoms with Crippen LogP contribution in [-0.2, 0) is 0 Å². The number of ether oxygens (including phenoxy) is 1. The average Bonchev–Trinajstić information content (AvgIpc) is 2.98. The second-order valence-corrected chi connectivity index (χ2v) is 5.29. The first kappa shape index (κ1) is 10.7. The molecule has 88 valence electrons. The summed E-state index contributed by atoms with van der Waals surface area (Å²) in [5, 5.41) is 9.35. The fourth-order valence-electron chi connectivity index (χ4n) is 3.78. The van der Waals surface area contributed by atoms with E-state index in [9.17, 15) is 5.26 Å². The van der Waals surface area contributed by atoms with E-state index in [-0.39, 0.29) is 5.92 Å². The topological polar surface area (TPSA) is 33.0 Å². The van der Waals surface area contributed by atoms with Crippen molar-refractivity contribution in [1.29, 1.82) is 5.26 Å². The minimum absolute atomic E-state index is 0.238. The normalized spacial score (nSPS) is 34.6. The van der Waals surface area contributed by atoms with Crippen molar-refractivity contribution in [3.8, 4) is 11.8 Å². The van der Waals surface area contributed by atoms with E-state index in [0.717, 1.165) is 11.7 Å². The Labute approximate surface area is 102 Å². The average molecular weight is 227 g/mol.